The highest BCUT2D eigenvalue weighted by Gasteiger charge is 2.13. The lowest BCUT2D eigenvalue weighted by Crippen LogP contribution is -1.88. The van der Waals surface area contributed by atoms with Gasteiger partial charge in [0.1, 0.15) is 11.6 Å². The second-order valence-corrected chi connectivity index (χ2v) is 5.82. The summed E-state index contributed by atoms with van der Waals surface area (Å²) in [6.45, 7) is 2.18. The van der Waals surface area contributed by atoms with Gasteiger partial charge in [0.05, 0.1) is 5.69 Å². The van der Waals surface area contributed by atoms with Gasteiger partial charge in [0.2, 0.25) is 0 Å². The summed E-state index contributed by atoms with van der Waals surface area (Å²) in [5.41, 5.74) is 4.24. The number of rotatable bonds is 5. The number of aromatic nitrogens is 2. The third kappa shape index (κ3) is 3.05. The molecule has 0 fully saturated rings. The molecule has 0 atom stereocenters. The molecule has 0 unspecified atom stereocenters. The fourth-order valence-electron chi connectivity index (χ4n) is 2.33. The van der Waals surface area contributed by atoms with Crippen LogP contribution in [-0.4, -0.2) is 9.97 Å². The molecule has 21 heavy (non-hydrogen) atoms. The highest BCUT2D eigenvalue weighted by Crippen LogP contribution is 2.28. The number of hydrogen-bond donors (Lipinski definition) is 1. The Balaban J connectivity index is 2.00. The van der Waals surface area contributed by atoms with Crippen LogP contribution in [0.4, 0.5) is 4.39 Å². The van der Waals surface area contributed by atoms with E-state index >= 15 is 0 Å². The topological polar surface area (TPSA) is 28.7 Å². The summed E-state index contributed by atoms with van der Waals surface area (Å²) in [5.74, 6) is 0.580. The van der Waals surface area contributed by atoms with Crippen molar-refractivity contribution in [2.24, 2.45) is 0 Å². The van der Waals surface area contributed by atoms with E-state index in [1.54, 1.807) is 23.5 Å². The highest BCUT2D eigenvalue weighted by atomic mass is 32.1. The van der Waals surface area contributed by atoms with E-state index in [0.717, 1.165) is 47.6 Å². The van der Waals surface area contributed by atoms with Crippen molar-refractivity contribution in [2.45, 2.75) is 26.2 Å². The zero-order valence-electron chi connectivity index (χ0n) is 11.9. The minimum absolute atomic E-state index is 0.227. The number of thiophene rings is 1. The molecule has 0 saturated heterocycles. The Morgan fingerprint density at radius 2 is 1.95 bits per heavy atom. The highest BCUT2D eigenvalue weighted by molar-refractivity contribution is 7.08. The number of hydrogen-bond acceptors (Lipinski definition) is 2. The number of nitrogens with zero attached hydrogens (tertiary/aromatic N) is 1. The largest absolute Gasteiger partial charge is 0.341 e. The zero-order chi connectivity index (χ0) is 14.7. The Morgan fingerprint density at radius 1 is 1.14 bits per heavy atom. The van der Waals surface area contributed by atoms with Crippen LogP contribution in [-0.2, 0) is 6.42 Å². The van der Waals surface area contributed by atoms with E-state index < -0.39 is 0 Å². The van der Waals surface area contributed by atoms with Crippen LogP contribution in [0.15, 0.2) is 41.1 Å². The molecule has 0 spiro atoms. The van der Waals surface area contributed by atoms with Gasteiger partial charge in [-0.25, -0.2) is 9.37 Å². The number of aromatic amines is 1. The first kappa shape index (κ1) is 14.0. The van der Waals surface area contributed by atoms with Crippen LogP contribution in [0.25, 0.3) is 22.6 Å². The summed E-state index contributed by atoms with van der Waals surface area (Å²) >= 11 is 1.67. The van der Waals surface area contributed by atoms with Gasteiger partial charge in [0.25, 0.3) is 0 Å². The zero-order valence-corrected chi connectivity index (χ0v) is 12.7. The average molecular weight is 300 g/mol. The van der Waals surface area contributed by atoms with Crippen molar-refractivity contribution in [1.29, 1.82) is 0 Å². The second kappa shape index (κ2) is 6.22. The minimum atomic E-state index is -0.227. The maximum atomic E-state index is 13.0. The molecular weight excluding hydrogens is 283 g/mol. The first-order valence-electron chi connectivity index (χ1n) is 7.15. The van der Waals surface area contributed by atoms with Crippen LogP contribution >= 0.6 is 11.3 Å². The Hall–Kier alpha value is -1.94. The van der Waals surface area contributed by atoms with Gasteiger partial charge in [-0.1, -0.05) is 13.3 Å². The lowest BCUT2D eigenvalue weighted by atomic mass is 10.1. The standard InChI is InChI=1S/C17H17FN2S/c1-2-3-4-15-16(13-9-10-21-11-13)20-17(19-15)12-5-7-14(18)8-6-12/h5-11H,2-4H2,1H3,(H,19,20). The minimum Gasteiger partial charge on any atom is -0.341 e. The normalized spacial score (nSPS) is 11.0. The molecule has 1 N–H and O–H groups in total. The number of aryl methyl sites for hydroxylation is 1. The third-order valence-corrected chi connectivity index (χ3v) is 4.15. The molecule has 0 aliphatic rings. The van der Waals surface area contributed by atoms with Gasteiger partial charge in [-0.2, -0.15) is 11.3 Å². The molecule has 1 aromatic carbocycles. The van der Waals surface area contributed by atoms with Crippen molar-refractivity contribution >= 4 is 11.3 Å². The van der Waals surface area contributed by atoms with E-state index in [9.17, 15) is 4.39 Å². The molecule has 3 aromatic rings. The number of H-pyrrole nitrogens is 1. The van der Waals surface area contributed by atoms with Crippen LogP contribution in [0.1, 0.15) is 25.5 Å². The van der Waals surface area contributed by atoms with Crippen molar-refractivity contribution in [3.8, 4) is 22.6 Å². The molecule has 2 nitrogen and oxygen atoms in total. The van der Waals surface area contributed by atoms with Crippen LogP contribution in [0.3, 0.4) is 0 Å². The quantitative estimate of drug-likeness (QED) is 0.681. The molecule has 4 heteroatoms. The SMILES string of the molecule is CCCCc1[nH]c(-c2ccc(F)cc2)nc1-c1ccsc1. The van der Waals surface area contributed by atoms with Crippen molar-refractivity contribution in [3.05, 3.63) is 52.6 Å². The van der Waals surface area contributed by atoms with E-state index in [0.29, 0.717) is 0 Å². The fourth-order valence-corrected chi connectivity index (χ4v) is 2.97. The van der Waals surface area contributed by atoms with Gasteiger partial charge in [-0.05, 0) is 48.6 Å². The van der Waals surface area contributed by atoms with Crippen LogP contribution in [0, 0.1) is 5.82 Å². The Labute approximate surface area is 127 Å². The maximum Gasteiger partial charge on any atom is 0.138 e. The van der Waals surface area contributed by atoms with Gasteiger partial charge in [-0.15, -0.1) is 0 Å². The number of imidazole rings is 1. The van der Waals surface area contributed by atoms with Crippen molar-refractivity contribution < 1.29 is 4.39 Å². The van der Waals surface area contributed by atoms with E-state index in [-0.39, 0.29) is 5.82 Å². The van der Waals surface area contributed by atoms with Gasteiger partial charge >= 0.3 is 0 Å². The van der Waals surface area contributed by atoms with Gasteiger partial charge in [0.15, 0.2) is 0 Å². The molecule has 108 valence electrons. The molecule has 0 radical (unpaired) electrons. The first-order valence-corrected chi connectivity index (χ1v) is 8.09. The number of nitrogens with one attached hydrogen (secondary N) is 1. The van der Waals surface area contributed by atoms with E-state index in [2.05, 4.69) is 28.7 Å². The summed E-state index contributed by atoms with van der Waals surface area (Å²) in [5, 5.41) is 4.17. The summed E-state index contributed by atoms with van der Waals surface area (Å²) < 4.78 is 13.0. The van der Waals surface area contributed by atoms with Gasteiger partial charge in [-0.3, -0.25) is 0 Å². The summed E-state index contributed by atoms with van der Waals surface area (Å²) in [4.78, 5) is 8.15. The van der Waals surface area contributed by atoms with Crippen molar-refractivity contribution in [2.75, 3.05) is 0 Å². The Morgan fingerprint density at radius 3 is 2.62 bits per heavy atom. The number of halogens is 1. The molecule has 0 saturated carbocycles. The van der Waals surface area contributed by atoms with E-state index in [4.69, 9.17) is 4.98 Å². The molecule has 0 bridgehead atoms. The van der Waals surface area contributed by atoms with Crippen molar-refractivity contribution in [3.63, 3.8) is 0 Å². The predicted octanol–water partition coefficient (Wildman–Crippen LogP) is 5.29. The summed E-state index contributed by atoms with van der Waals surface area (Å²) in [7, 11) is 0. The smallest absolute Gasteiger partial charge is 0.138 e. The second-order valence-electron chi connectivity index (χ2n) is 5.04. The molecule has 3 rings (SSSR count). The van der Waals surface area contributed by atoms with Gasteiger partial charge < -0.3 is 4.98 Å². The van der Waals surface area contributed by atoms with E-state index in [1.165, 1.54) is 12.1 Å². The average Bonchev–Trinajstić information content (AvgIpc) is 3.15. The molecule has 2 aromatic heterocycles. The number of benzene rings is 1. The van der Waals surface area contributed by atoms with Crippen LogP contribution in [0.5, 0.6) is 0 Å². The van der Waals surface area contributed by atoms with Crippen LogP contribution in [0.2, 0.25) is 0 Å². The Bertz CT molecular complexity index is 699. The molecule has 0 aliphatic heterocycles. The monoisotopic (exact) mass is 300 g/mol. The maximum absolute atomic E-state index is 13.0. The fraction of sp³-hybridized carbons (Fsp3) is 0.235. The summed E-state index contributed by atoms with van der Waals surface area (Å²) in [6.07, 6.45) is 3.26. The van der Waals surface area contributed by atoms with Gasteiger partial charge in [0, 0.05) is 22.2 Å². The predicted molar refractivity (Wildman–Crippen MR) is 85.9 cm³/mol. The number of unbranched alkanes of at least 4 members (excludes halogenated alkanes) is 1. The molecular formula is C17H17FN2S. The van der Waals surface area contributed by atoms with E-state index in [1.807, 2.05) is 0 Å². The summed E-state index contributed by atoms with van der Waals surface area (Å²) in [6, 6.07) is 8.54. The Kier molecular flexibility index (Phi) is 4.15. The first-order chi connectivity index (χ1) is 10.3. The lowest BCUT2D eigenvalue weighted by molar-refractivity contribution is 0.628. The molecule has 0 aliphatic carbocycles. The third-order valence-electron chi connectivity index (χ3n) is 3.47. The van der Waals surface area contributed by atoms with Crippen molar-refractivity contribution in [1.82, 2.24) is 9.97 Å². The molecule has 2 heterocycles. The lowest BCUT2D eigenvalue weighted by Gasteiger charge is -1.99. The molecule has 0 amide bonds. The van der Waals surface area contributed by atoms with Crippen LogP contribution < -0.4 is 0 Å².